The van der Waals surface area contributed by atoms with Gasteiger partial charge in [0.1, 0.15) is 5.54 Å². The number of aromatic nitrogens is 5. The van der Waals surface area contributed by atoms with Gasteiger partial charge in [0.25, 0.3) is 0 Å². The number of benzene rings is 10. The number of rotatable bonds is 3. The van der Waals surface area contributed by atoms with E-state index in [9.17, 15) is 0 Å². The number of fused-ring (bicyclic) bond motifs is 20. The van der Waals surface area contributed by atoms with Crippen molar-refractivity contribution in [3.63, 3.8) is 0 Å². The first-order chi connectivity index (χ1) is 34.2. The molecule has 1 aliphatic heterocycles. The molecule has 0 radical (unpaired) electrons. The topological polar surface area (TPSA) is 35.9 Å². The number of para-hydroxylation sites is 6. The predicted molar refractivity (Wildman–Crippen MR) is 284 cm³/mol. The molecular formula is C63H40N6. The molecule has 1 spiro atoms. The second-order valence-corrected chi connectivity index (χ2v) is 18.8. The van der Waals surface area contributed by atoms with Gasteiger partial charge in [-0.2, -0.15) is 0 Å². The Labute approximate surface area is 396 Å². The second kappa shape index (κ2) is 13.3. The van der Waals surface area contributed by atoms with Gasteiger partial charge in [0.2, 0.25) is 5.95 Å². The molecule has 5 heterocycles. The summed E-state index contributed by atoms with van der Waals surface area (Å²) in [6.07, 6.45) is 0. The fraction of sp³-hybridized carbons (Fsp3) is 0.0317. The first-order valence-electron chi connectivity index (χ1n) is 23.8. The molecule has 4 aromatic heterocycles. The molecule has 0 atom stereocenters. The maximum absolute atomic E-state index is 5.42. The van der Waals surface area contributed by atoms with E-state index < -0.39 is 5.54 Å². The van der Waals surface area contributed by atoms with Crippen LogP contribution in [0.5, 0.6) is 0 Å². The Kier molecular flexibility index (Phi) is 7.12. The highest BCUT2D eigenvalue weighted by Crippen LogP contribution is 2.60. The fourth-order valence-electron chi connectivity index (χ4n) is 12.7. The molecule has 0 saturated carbocycles. The van der Waals surface area contributed by atoms with Gasteiger partial charge >= 0.3 is 0 Å². The molecule has 16 rings (SSSR count). The van der Waals surface area contributed by atoms with Gasteiger partial charge in [0.05, 0.1) is 49.8 Å². The molecular weight excluding hydrogens is 841 g/mol. The van der Waals surface area contributed by atoms with Crippen LogP contribution in [0, 0.1) is 0 Å². The summed E-state index contributed by atoms with van der Waals surface area (Å²) < 4.78 is 9.84. The van der Waals surface area contributed by atoms with E-state index in [0.717, 1.165) is 50.8 Å². The van der Waals surface area contributed by atoms with Crippen LogP contribution in [0.15, 0.2) is 224 Å². The zero-order valence-corrected chi connectivity index (χ0v) is 37.5. The van der Waals surface area contributed by atoms with Crippen molar-refractivity contribution in [3.8, 4) is 28.2 Å². The highest BCUT2D eigenvalue weighted by molar-refractivity contribution is 6.14. The smallest absolute Gasteiger partial charge is 0.212 e. The van der Waals surface area contributed by atoms with E-state index in [4.69, 9.17) is 4.98 Å². The van der Waals surface area contributed by atoms with Crippen molar-refractivity contribution >= 4 is 88.1 Å². The van der Waals surface area contributed by atoms with Gasteiger partial charge in [-0.05, 0) is 107 Å². The third-order valence-corrected chi connectivity index (χ3v) is 15.5. The first kappa shape index (κ1) is 37.0. The highest BCUT2D eigenvalue weighted by Gasteiger charge is 2.52. The third-order valence-electron chi connectivity index (χ3n) is 15.5. The molecule has 14 aromatic rings. The molecule has 6 nitrogen and oxygen atoms in total. The second-order valence-electron chi connectivity index (χ2n) is 18.8. The largest absolute Gasteiger partial charge is 0.315 e. The van der Waals surface area contributed by atoms with Crippen molar-refractivity contribution in [1.29, 1.82) is 0 Å². The van der Waals surface area contributed by atoms with Gasteiger partial charge in [-0.1, -0.05) is 140 Å². The average molecular weight is 881 g/mol. The number of nitrogens with zero attached hydrogens (tertiary/aromatic N) is 6. The number of hydrogen-bond donors (Lipinski definition) is 0. The zero-order valence-electron chi connectivity index (χ0n) is 37.5. The van der Waals surface area contributed by atoms with Crippen LogP contribution in [-0.2, 0) is 5.54 Å². The van der Waals surface area contributed by atoms with E-state index in [1.54, 1.807) is 0 Å². The van der Waals surface area contributed by atoms with E-state index in [-0.39, 0.29) is 0 Å². The molecule has 2 aliphatic rings. The summed E-state index contributed by atoms with van der Waals surface area (Å²) in [5.74, 6) is 0.918. The summed E-state index contributed by atoms with van der Waals surface area (Å²) in [6, 6.07) is 82.9. The van der Waals surface area contributed by atoms with Gasteiger partial charge in [-0.25, -0.2) is 4.98 Å². The summed E-state index contributed by atoms with van der Waals surface area (Å²) in [6.45, 7) is 0. The van der Waals surface area contributed by atoms with E-state index in [1.807, 2.05) is 0 Å². The van der Waals surface area contributed by atoms with E-state index >= 15 is 0 Å². The number of imidazole rings is 1. The van der Waals surface area contributed by atoms with Crippen molar-refractivity contribution in [2.75, 3.05) is 11.9 Å². The summed E-state index contributed by atoms with van der Waals surface area (Å²) in [5, 5.41) is 7.38. The van der Waals surface area contributed by atoms with Crippen molar-refractivity contribution in [1.82, 2.24) is 23.3 Å². The van der Waals surface area contributed by atoms with Crippen LogP contribution in [0.2, 0.25) is 0 Å². The van der Waals surface area contributed by atoms with Crippen LogP contribution in [0.25, 0.3) is 105 Å². The minimum atomic E-state index is -0.645. The van der Waals surface area contributed by atoms with E-state index in [2.05, 4.69) is 255 Å². The van der Waals surface area contributed by atoms with Crippen molar-refractivity contribution in [3.05, 3.63) is 241 Å². The number of anilines is 2. The normalized spacial score (nSPS) is 13.7. The predicted octanol–water partition coefficient (Wildman–Crippen LogP) is 15.2. The molecule has 0 fully saturated rings. The summed E-state index contributed by atoms with van der Waals surface area (Å²) in [7, 11) is 2.18. The summed E-state index contributed by atoms with van der Waals surface area (Å²) in [5.41, 5.74) is 19.3. The Bertz CT molecular complexity index is 4210. The van der Waals surface area contributed by atoms with Crippen molar-refractivity contribution in [2.24, 2.45) is 0 Å². The lowest BCUT2D eigenvalue weighted by molar-refractivity contribution is 0.530. The Morgan fingerprint density at radius 1 is 0.333 bits per heavy atom. The van der Waals surface area contributed by atoms with Gasteiger partial charge in [-0.15, -0.1) is 0 Å². The van der Waals surface area contributed by atoms with Crippen molar-refractivity contribution in [2.45, 2.75) is 5.54 Å². The summed E-state index contributed by atoms with van der Waals surface area (Å²) >= 11 is 0. The standard InChI is InChI=1S/C63H40N6/c1-65-61-38-41(30-33-52(61)63(69-60-29-15-10-24-53(60)64-62(65)69)50-22-8-2-16-42(50)43-17-3-9-23-51(43)63)68-58-34-31-39(66-54-25-11-4-18-44(54)45-19-5-12-26-55(45)66)36-48(58)49-37-40(32-35-59(49)68)67-56-27-13-6-20-46(56)47-21-7-14-28-57(47)67/h2-38H,1H3. The molecule has 10 aromatic carbocycles. The highest BCUT2D eigenvalue weighted by atomic mass is 15.4. The SMILES string of the molecule is CN1c2cc(-n3c4ccc(-n5c6ccccc6c6ccccc65)cc4c4cc(-n5c6ccccc6c6ccccc65)ccc43)ccc2C2(c3ccccc3-c3ccccc32)n2c1nc1ccccc12. The zero-order chi connectivity index (χ0) is 45.1. The van der Waals surface area contributed by atoms with Gasteiger partial charge in [0.15, 0.2) is 0 Å². The van der Waals surface area contributed by atoms with Gasteiger partial charge in [-0.3, -0.25) is 4.57 Å². The van der Waals surface area contributed by atoms with Crippen LogP contribution in [0.3, 0.4) is 0 Å². The molecule has 69 heavy (non-hydrogen) atoms. The minimum absolute atomic E-state index is 0.645. The molecule has 0 unspecified atom stereocenters. The molecule has 322 valence electrons. The van der Waals surface area contributed by atoms with Crippen LogP contribution >= 0.6 is 0 Å². The van der Waals surface area contributed by atoms with Crippen LogP contribution < -0.4 is 4.90 Å². The summed E-state index contributed by atoms with van der Waals surface area (Å²) in [4.78, 5) is 7.73. The first-order valence-corrected chi connectivity index (χ1v) is 23.8. The van der Waals surface area contributed by atoms with Crippen LogP contribution in [0.4, 0.5) is 11.6 Å². The molecule has 1 aliphatic carbocycles. The Morgan fingerprint density at radius 3 is 1.23 bits per heavy atom. The lowest BCUT2D eigenvalue weighted by atomic mass is 9.77. The maximum Gasteiger partial charge on any atom is 0.212 e. The van der Waals surface area contributed by atoms with Gasteiger partial charge < -0.3 is 18.6 Å². The Hall–Kier alpha value is -9.13. The van der Waals surface area contributed by atoms with Gasteiger partial charge in [0, 0.05) is 62.0 Å². The average Bonchev–Trinajstić information content (AvgIpc) is 4.21. The Morgan fingerprint density at radius 2 is 0.725 bits per heavy atom. The van der Waals surface area contributed by atoms with Crippen molar-refractivity contribution < 1.29 is 0 Å². The molecule has 0 saturated heterocycles. The maximum atomic E-state index is 5.42. The minimum Gasteiger partial charge on any atom is -0.315 e. The lowest BCUT2D eigenvalue weighted by Crippen LogP contribution is -2.42. The number of hydrogen-bond acceptors (Lipinski definition) is 2. The fourth-order valence-corrected chi connectivity index (χ4v) is 12.7. The molecule has 0 amide bonds. The van der Waals surface area contributed by atoms with Crippen LogP contribution in [0.1, 0.15) is 16.7 Å². The van der Waals surface area contributed by atoms with Crippen LogP contribution in [-0.4, -0.2) is 30.3 Å². The Balaban J connectivity index is 0.986. The lowest BCUT2D eigenvalue weighted by Gasteiger charge is -2.43. The van der Waals surface area contributed by atoms with E-state index in [0.29, 0.717) is 0 Å². The third kappa shape index (κ3) is 4.63. The molecule has 0 N–H and O–H groups in total. The van der Waals surface area contributed by atoms with E-state index in [1.165, 1.54) is 82.2 Å². The molecule has 0 bridgehead atoms. The quantitative estimate of drug-likeness (QED) is 0.177. The molecule has 6 heteroatoms. The monoisotopic (exact) mass is 880 g/mol.